The molecular weight excluding hydrogens is 320 g/mol. The normalized spacial score (nSPS) is 10.1. The van der Waals surface area contributed by atoms with Gasteiger partial charge in [-0.2, -0.15) is 0 Å². The fraction of sp³-hybridized carbons (Fsp3) is 0.0667. The molecule has 0 spiro atoms. The van der Waals surface area contributed by atoms with Gasteiger partial charge in [0.15, 0.2) is 0 Å². The van der Waals surface area contributed by atoms with Gasteiger partial charge >= 0.3 is 0 Å². The number of para-hydroxylation sites is 1. The number of nitrogens with one attached hydrogen (secondary N) is 1. The quantitative estimate of drug-likeness (QED) is 0.906. The maximum Gasteiger partial charge on any atom is 0.255 e. The number of primary amides is 1. The summed E-state index contributed by atoms with van der Waals surface area (Å²) in [5.41, 5.74) is 7.45. The Bertz CT molecular complexity index is 683. The van der Waals surface area contributed by atoms with Crippen LogP contribution in [0.3, 0.4) is 0 Å². The number of halogens is 1. The number of carbonyl (C=O) groups excluding carboxylic acids is 2. The number of anilines is 1. The molecule has 5 heteroatoms. The van der Waals surface area contributed by atoms with Gasteiger partial charge in [-0.1, -0.05) is 28.1 Å². The van der Waals surface area contributed by atoms with Crippen molar-refractivity contribution in [2.75, 3.05) is 5.32 Å². The topological polar surface area (TPSA) is 72.2 Å². The van der Waals surface area contributed by atoms with Crippen molar-refractivity contribution in [1.82, 2.24) is 0 Å². The number of amides is 2. The molecule has 2 aromatic carbocycles. The van der Waals surface area contributed by atoms with Crippen molar-refractivity contribution in [2.24, 2.45) is 5.73 Å². The van der Waals surface area contributed by atoms with Crippen molar-refractivity contribution < 1.29 is 9.59 Å². The lowest BCUT2D eigenvalue weighted by molar-refractivity contribution is 0.100. The Kier molecular flexibility index (Phi) is 4.20. The van der Waals surface area contributed by atoms with E-state index in [1.54, 1.807) is 36.4 Å². The molecule has 2 rings (SSSR count). The molecule has 102 valence electrons. The van der Waals surface area contributed by atoms with E-state index in [1.165, 1.54) is 0 Å². The average molecular weight is 333 g/mol. The summed E-state index contributed by atoms with van der Waals surface area (Å²) in [5.74, 6) is -0.859. The van der Waals surface area contributed by atoms with Crippen LogP contribution in [0, 0.1) is 6.92 Å². The van der Waals surface area contributed by atoms with Crippen LogP contribution in [0.15, 0.2) is 46.9 Å². The summed E-state index contributed by atoms with van der Waals surface area (Å²) in [5, 5.41) is 2.70. The molecule has 0 unspecified atom stereocenters. The van der Waals surface area contributed by atoms with Crippen LogP contribution >= 0.6 is 15.9 Å². The van der Waals surface area contributed by atoms with Crippen molar-refractivity contribution in [3.05, 3.63) is 63.6 Å². The Balaban J connectivity index is 2.28. The molecule has 2 aromatic rings. The van der Waals surface area contributed by atoms with E-state index in [0.717, 1.165) is 10.0 Å². The van der Waals surface area contributed by atoms with Gasteiger partial charge in [0.05, 0.1) is 11.3 Å². The molecule has 2 amide bonds. The van der Waals surface area contributed by atoms with Gasteiger partial charge in [-0.15, -0.1) is 0 Å². The lowest BCUT2D eigenvalue weighted by atomic mass is 10.1. The molecule has 0 radical (unpaired) electrons. The molecule has 0 aliphatic carbocycles. The predicted octanol–water partition coefficient (Wildman–Crippen LogP) is 3.11. The first-order valence-electron chi connectivity index (χ1n) is 5.95. The highest BCUT2D eigenvalue weighted by atomic mass is 79.9. The summed E-state index contributed by atoms with van der Waals surface area (Å²) in [7, 11) is 0. The number of nitrogens with two attached hydrogens (primary N) is 1. The van der Waals surface area contributed by atoms with Crippen molar-refractivity contribution in [3.63, 3.8) is 0 Å². The Hall–Kier alpha value is -2.14. The van der Waals surface area contributed by atoms with E-state index in [4.69, 9.17) is 5.73 Å². The molecule has 0 fully saturated rings. The Morgan fingerprint density at radius 2 is 1.85 bits per heavy atom. The summed E-state index contributed by atoms with van der Waals surface area (Å²) in [4.78, 5) is 23.5. The minimum atomic E-state index is -0.576. The molecule has 4 nitrogen and oxygen atoms in total. The monoisotopic (exact) mass is 332 g/mol. The third-order valence-corrected chi connectivity index (χ3v) is 3.75. The summed E-state index contributed by atoms with van der Waals surface area (Å²) in [6, 6.07) is 11.9. The number of carbonyl (C=O) groups is 2. The first-order valence-corrected chi connectivity index (χ1v) is 6.74. The smallest absolute Gasteiger partial charge is 0.255 e. The zero-order valence-electron chi connectivity index (χ0n) is 10.8. The van der Waals surface area contributed by atoms with E-state index in [1.807, 2.05) is 13.0 Å². The van der Waals surface area contributed by atoms with Crippen molar-refractivity contribution >= 4 is 33.4 Å². The highest BCUT2D eigenvalue weighted by Gasteiger charge is 2.12. The largest absolute Gasteiger partial charge is 0.366 e. The van der Waals surface area contributed by atoms with Crippen molar-refractivity contribution in [2.45, 2.75) is 6.92 Å². The van der Waals surface area contributed by atoms with Gasteiger partial charge < -0.3 is 11.1 Å². The van der Waals surface area contributed by atoms with Crippen LogP contribution in [-0.4, -0.2) is 11.8 Å². The van der Waals surface area contributed by atoms with Gasteiger partial charge in [-0.25, -0.2) is 0 Å². The average Bonchev–Trinajstić information content (AvgIpc) is 2.42. The van der Waals surface area contributed by atoms with Gasteiger partial charge in [0.1, 0.15) is 0 Å². The summed E-state index contributed by atoms with van der Waals surface area (Å²) >= 11 is 3.38. The molecule has 0 saturated heterocycles. The second-order valence-electron chi connectivity index (χ2n) is 4.33. The number of benzene rings is 2. The van der Waals surface area contributed by atoms with Gasteiger partial charge in [0.2, 0.25) is 0 Å². The Morgan fingerprint density at radius 1 is 1.15 bits per heavy atom. The standard InChI is InChI=1S/C15H13BrN2O2/c1-9-8-10(6-7-12(9)16)15(20)18-13-5-3-2-4-11(13)14(17)19/h2-8H,1H3,(H2,17,19)(H,18,20). The third-order valence-electron chi connectivity index (χ3n) is 2.86. The van der Waals surface area contributed by atoms with Crippen LogP contribution in [0.4, 0.5) is 5.69 Å². The summed E-state index contributed by atoms with van der Waals surface area (Å²) in [6.45, 7) is 1.90. The predicted molar refractivity (Wildman–Crippen MR) is 81.8 cm³/mol. The van der Waals surface area contributed by atoms with Crippen molar-refractivity contribution in [1.29, 1.82) is 0 Å². The third kappa shape index (κ3) is 3.05. The maximum absolute atomic E-state index is 12.2. The zero-order valence-corrected chi connectivity index (χ0v) is 12.4. The number of rotatable bonds is 3. The SMILES string of the molecule is Cc1cc(C(=O)Nc2ccccc2C(N)=O)ccc1Br. The molecule has 0 atom stereocenters. The van der Waals surface area contributed by atoms with Crippen LogP contribution in [0.5, 0.6) is 0 Å². The Labute approximate surface area is 125 Å². The molecule has 0 aliphatic rings. The van der Waals surface area contributed by atoms with Crippen LogP contribution in [0.1, 0.15) is 26.3 Å². The first kappa shape index (κ1) is 14.3. The number of aryl methyl sites for hydroxylation is 1. The Morgan fingerprint density at radius 3 is 2.50 bits per heavy atom. The zero-order chi connectivity index (χ0) is 14.7. The molecule has 0 aliphatic heterocycles. The van der Waals surface area contributed by atoms with E-state index < -0.39 is 5.91 Å². The van der Waals surface area contributed by atoms with Crippen LogP contribution in [-0.2, 0) is 0 Å². The highest BCUT2D eigenvalue weighted by molar-refractivity contribution is 9.10. The molecule has 3 N–H and O–H groups in total. The minimum absolute atomic E-state index is 0.283. The van der Waals surface area contributed by atoms with E-state index in [2.05, 4.69) is 21.2 Å². The van der Waals surface area contributed by atoms with E-state index in [9.17, 15) is 9.59 Å². The van der Waals surface area contributed by atoms with Gasteiger partial charge in [0, 0.05) is 10.0 Å². The number of hydrogen-bond donors (Lipinski definition) is 2. The molecule has 0 heterocycles. The highest BCUT2D eigenvalue weighted by Crippen LogP contribution is 2.19. The van der Waals surface area contributed by atoms with Crippen LogP contribution in [0.2, 0.25) is 0 Å². The molecule has 0 saturated carbocycles. The second-order valence-corrected chi connectivity index (χ2v) is 5.18. The molecule has 0 aromatic heterocycles. The van der Waals surface area contributed by atoms with Gasteiger partial charge in [0.25, 0.3) is 11.8 Å². The maximum atomic E-state index is 12.2. The second kappa shape index (κ2) is 5.88. The van der Waals surface area contributed by atoms with E-state index >= 15 is 0 Å². The van der Waals surface area contributed by atoms with E-state index in [-0.39, 0.29) is 11.5 Å². The fourth-order valence-corrected chi connectivity index (χ4v) is 2.03. The van der Waals surface area contributed by atoms with Gasteiger partial charge in [-0.05, 0) is 42.8 Å². The first-order chi connectivity index (χ1) is 9.49. The summed E-state index contributed by atoms with van der Waals surface area (Å²) < 4.78 is 0.937. The lowest BCUT2D eigenvalue weighted by Gasteiger charge is -2.09. The molecular formula is C15H13BrN2O2. The van der Waals surface area contributed by atoms with Gasteiger partial charge in [-0.3, -0.25) is 9.59 Å². The van der Waals surface area contributed by atoms with E-state index in [0.29, 0.717) is 11.3 Å². The van der Waals surface area contributed by atoms with Crippen LogP contribution < -0.4 is 11.1 Å². The fourth-order valence-electron chi connectivity index (χ4n) is 1.79. The summed E-state index contributed by atoms with van der Waals surface area (Å²) in [6.07, 6.45) is 0. The van der Waals surface area contributed by atoms with Crippen LogP contribution in [0.25, 0.3) is 0 Å². The number of hydrogen-bond acceptors (Lipinski definition) is 2. The molecule has 0 bridgehead atoms. The minimum Gasteiger partial charge on any atom is -0.366 e. The lowest BCUT2D eigenvalue weighted by Crippen LogP contribution is -2.18. The molecule has 20 heavy (non-hydrogen) atoms. The van der Waals surface area contributed by atoms with Crippen molar-refractivity contribution in [3.8, 4) is 0 Å².